The standard InChI is InChI=1S/C16H18BrN7/c1-2-3-6-9-23-13-12(19-15(17)20-13)10-24-14(21-22-16(23)24)11-7-4-5-8-18-11/h4-5,7-8H,2-3,6,9-10H2,1H3,(H,19,20). The SMILES string of the molecule is CCCCCN1c2nc(Br)[nH]c2Cn2c(-c3ccccn3)nnc21. The van der Waals surface area contributed by atoms with Crippen LogP contribution in [0.1, 0.15) is 31.9 Å². The molecule has 1 aliphatic rings. The first kappa shape index (κ1) is 15.3. The number of hydrogen-bond donors (Lipinski definition) is 1. The Bertz CT molecular complexity index is 839. The molecule has 0 aromatic carbocycles. The fourth-order valence-electron chi connectivity index (χ4n) is 3.01. The molecule has 0 aliphatic carbocycles. The molecule has 0 bridgehead atoms. The number of halogens is 1. The van der Waals surface area contributed by atoms with E-state index in [0.717, 1.165) is 46.7 Å². The number of rotatable bonds is 5. The van der Waals surface area contributed by atoms with Gasteiger partial charge in [-0.15, -0.1) is 10.2 Å². The minimum atomic E-state index is 0.659. The third-order valence-corrected chi connectivity index (χ3v) is 4.53. The molecular weight excluding hydrogens is 370 g/mol. The molecule has 3 aromatic rings. The molecule has 0 unspecified atom stereocenters. The molecule has 0 saturated heterocycles. The van der Waals surface area contributed by atoms with E-state index in [2.05, 4.69) is 57.5 Å². The number of unbranched alkanes of at least 4 members (excludes halogenated alkanes) is 2. The summed E-state index contributed by atoms with van der Waals surface area (Å²) in [5.74, 6) is 2.55. The highest BCUT2D eigenvalue weighted by Crippen LogP contribution is 2.35. The van der Waals surface area contributed by atoms with Crippen molar-refractivity contribution in [3.8, 4) is 11.5 Å². The van der Waals surface area contributed by atoms with Crippen LogP contribution >= 0.6 is 15.9 Å². The van der Waals surface area contributed by atoms with E-state index in [4.69, 9.17) is 0 Å². The van der Waals surface area contributed by atoms with Gasteiger partial charge in [-0.3, -0.25) is 14.5 Å². The lowest BCUT2D eigenvalue weighted by molar-refractivity contribution is 0.668. The number of aromatic amines is 1. The molecule has 4 rings (SSSR count). The van der Waals surface area contributed by atoms with E-state index in [9.17, 15) is 0 Å². The summed E-state index contributed by atoms with van der Waals surface area (Å²) < 4.78 is 2.84. The Morgan fingerprint density at radius 2 is 2.17 bits per heavy atom. The molecule has 0 saturated carbocycles. The molecule has 8 heteroatoms. The number of imidazole rings is 1. The van der Waals surface area contributed by atoms with Crippen LogP contribution in [-0.2, 0) is 6.54 Å². The maximum atomic E-state index is 4.58. The van der Waals surface area contributed by atoms with Crippen LogP contribution in [0.15, 0.2) is 29.1 Å². The van der Waals surface area contributed by atoms with E-state index >= 15 is 0 Å². The Balaban J connectivity index is 1.76. The largest absolute Gasteiger partial charge is 0.333 e. The molecule has 0 radical (unpaired) electrons. The third-order valence-electron chi connectivity index (χ3n) is 4.15. The van der Waals surface area contributed by atoms with Crippen LogP contribution in [-0.4, -0.2) is 36.3 Å². The number of nitrogens with zero attached hydrogens (tertiary/aromatic N) is 6. The molecular formula is C16H18BrN7. The van der Waals surface area contributed by atoms with Gasteiger partial charge >= 0.3 is 0 Å². The normalized spacial score (nSPS) is 13.0. The number of anilines is 2. The van der Waals surface area contributed by atoms with Crippen molar-refractivity contribution in [2.24, 2.45) is 0 Å². The fourth-order valence-corrected chi connectivity index (χ4v) is 3.41. The van der Waals surface area contributed by atoms with Gasteiger partial charge in [0.05, 0.1) is 12.2 Å². The lowest BCUT2D eigenvalue weighted by atomic mass is 10.2. The van der Waals surface area contributed by atoms with Gasteiger partial charge in [0, 0.05) is 12.7 Å². The molecule has 1 aliphatic heterocycles. The summed E-state index contributed by atoms with van der Waals surface area (Å²) in [4.78, 5) is 14.4. The summed E-state index contributed by atoms with van der Waals surface area (Å²) in [6, 6.07) is 5.82. The first-order valence-corrected chi connectivity index (χ1v) is 8.93. The van der Waals surface area contributed by atoms with Crippen LogP contribution in [0.3, 0.4) is 0 Å². The van der Waals surface area contributed by atoms with Crippen molar-refractivity contribution in [1.82, 2.24) is 29.7 Å². The maximum absolute atomic E-state index is 4.58. The Morgan fingerprint density at radius 1 is 1.25 bits per heavy atom. The second-order valence-electron chi connectivity index (χ2n) is 5.81. The Kier molecular flexibility index (Phi) is 4.05. The van der Waals surface area contributed by atoms with Gasteiger partial charge in [-0.25, -0.2) is 4.98 Å². The number of aromatic nitrogens is 6. The summed E-state index contributed by atoms with van der Waals surface area (Å²) in [5.41, 5.74) is 1.88. The molecule has 124 valence electrons. The van der Waals surface area contributed by atoms with Crippen molar-refractivity contribution in [1.29, 1.82) is 0 Å². The van der Waals surface area contributed by atoms with Crippen molar-refractivity contribution in [2.45, 2.75) is 32.7 Å². The van der Waals surface area contributed by atoms with Crippen LogP contribution in [0.4, 0.5) is 11.8 Å². The van der Waals surface area contributed by atoms with Crippen LogP contribution in [0.25, 0.3) is 11.5 Å². The highest BCUT2D eigenvalue weighted by Gasteiger charge is 2.30. The Morgan fingerprint density at radius 3 is 2.96 bits per heavy atom. The highest BCUT2D eigenvalue weighted by atomic mass is 79.9. The smallest absolute Gasteiger partial charge is 0.233 e. The Hall–Kier alpha value is -2.22. The van der Waals surface area contributed by atoms with Gasteiger partial charge in [0.25, 0.3) is 0 Å². The molecule has 24 heavy (non-hydrogen) atoms. The van der Waals surface area contributed by atoms with Gasteiger partial charge in [0.1, 0.15) is 5.69 Å². The lowest BCUT2D eigenvalue weighted by Crippen LogP contribution is -2.28. The predicted octanol–water partition coefficient (Wildman–Crippen LogP) is 3.52. The Labute approximate surface area is 148 Å². The van der Waals surface area contributed by atoms with E-state index in [-0.39, 0.29) is 0 Å². The van der Waals surface area contributed by atoms with Gasteiger partial charge in [-0.1, -0.05) is 25.8 Å². The van der Waals surface area contributed by atoms with Gasteiger partial charge in [0.2, 0.25) is 5.95 Å². The first-order chi connectivity index (χ1) is 11.8. The van der Waals surface area contributed by atoms with Gasteiger partial charge in [-0.05, 0) is 34.5 Å². The van der Waals surface area contributed by atoms with E-state index in [1.807, 2.05) is 18.2 Å². The second kappa shape index (κ2) is 6.35. The quantitative estimate of drug-likeness (QED) is 0.677. The predicted molar refractivity (Wildman–Crippen MR) is 95.2 cm³/mol. The van der Waals surface area contributed by atoms with Crippen molar-refractivity contribution in [3.05, 3.63) is 34.8 Å². The number of hydrogen-bond acceptors (Lipinski definition) is 5. The fraction of sp³-hybridized carbons (Fsp3) is 0.375. The summed E-state index contributed by atoms with van der Waals surface area (Å²) in [5, 5.41) is 8.82. The van der Waals surface area contributed by atoms with Crippen molar-refractivity contribution in [3.63, 3.8) is 0 Å². The minimum Gasteiger partial charge on any atom is -0.333 e. The summed E-state index contributed by atoms with van der Waals surface area (Å²) in [6.45, 7) is 3.74. The molecule has 1 N–H and O–H groups in total. The van der Waals surface area contributed by atoms with Crippen LogP contribution in [0.5, 0.6) is 0 Å². The molecule has 0 spiro atoms. The lowest BCUT2D eigenvalue weighted by Gasteiger charge is -2.27. The monoisotopic (exact) mass is 387 g/mol. The average molecular weight is 388 g/mol. The molecule has 4 heterocycles. The molecule has 3 aromatic heterocycles. The van der Waals surface area contributed by atoms with Crippen LogP contribution in [0, 0.1) is 0 Å². The number of H-pyrrole nitrogens is 1. The minimum absolute atomic E-state index is 0.659. The van der Waals surface area contributed by atoms with E-state index < -0.39 is 0 Å². The average Bonchev–Trinajstić information content (AvgIpc) is 3.18. The zero-order valence-electron chi connectivity index (χ0n) is 13.4. The maximum Gasteiger partial charge on any atom is 0.233 e. The molecule has 7 nitrogen and oxygen atoms in total. The van der Waals surface area contributed by atoms with E-state index in [1.54, 1.807) is 6.20 Å². The van der Waals surface area contributed by atoms with Crippen molar-refractivity contribution >= 4 is 27.7 Å². The number of pyridine rings is 1. The highest BCUT2D eigenvalue weighted by molar-refractivity contribution is 9.10. The second-order valence-corrected chi connectivity index (χ2v) is 6.56. The van der Waals surface area contributed by atoms with Crippen LogP contribution in [0.2, 0.25) is 0 Å². The first-order valence-electron chi connectivity index (χ1n) is 8.14. The summed E-state index contributed by atoms with van der Waals surface area (Å²) in [7, 11) is 0. The van der Waals surface area contributed by atoms with Gasteiger partial charge < -0.3 is 4.98 Å². The zero-order valence-corrected chi connectivity index (χ0v) is 15.0. The molecule has 0 fully saturated rings. The van der Waals surface area contributed by atoms with E-state index in [1.165, 1.54) is 12.8 Å². The molecule has 0 amide bonds. The van der Waals surface area contributed by atoms with E-state index in [0.29, 0.717) is 6.54 Å². The van der Waals surface area contributed by atoms with Crippen LogP contribution < -0.4 is 4.90 Å². The van der Waals surface area contributed by atoms with Crippen molar-refractivity contribution in [2.75, 3.05) is 11.4 Å². The summed E-state index contributed by atoms with van der Waals surface area (Å²) in [6.07, 6.45) is 5.22. The summed E-state index contributed by atoms with van der Waals surface area (Å²) >= 11 is 3.45. The van der Waals surface area contributed by atoms with Gasteiger partial charge in [-0.2, -0.15) is 0 Å². The zero-order chi connectivity index (χ0) is 16.5. The molecule has 0 atom stereocenters. The topological polar surface area (TPSA) is 75.5 Å². The number of nitrogens with one attached hydrogen (secondary N) is 1. The third kappa shape index (κ3) is 2.60. The van der Waals surface area contributed by atoms with Crippen molar-refractivity contribution < 1.29 is 0 Å². The number of fused-ring (bicyclic) bond motifs is 2. The van der Waals surface area contributed by atoms with Gasteiger partial charge in [0.15, 0.2) is 16.4 Å².